The van der Waals surface area contributed by atoms with Crippen LogP contribution in [0, 0.1) is 6.92 Å². The van der Waals surface area contributed by atoms with Crippen molar-refractivity contribution in [2.75, 3.05) is 11.1 Å². The minimum absolute atomic E-state index is 0.525. The Kier molecular flexibility index (Phi) is 3.10. The van der Waals surface area contributed by atoms with Crippen LogP contribution in [0.5, 0.6) is 0 Å². The predicted molar refractivity (Wildman–Crippen MR) is 70.8 cm³/mol. The maximum Gasteiger partial charge on any atom is 0.123 e. The van der Waals surface area contributed by atoms with Gasteiger partial charge in [0.25, 0.3) is 0 Å². The van der Waals surface area contributed by atoms with E-state index in [2.05, 4.69) is 39.2 Å². The number of nitrogen functional groups attached to an aromatic ring is 1. The molecule has 0 atom stereocenters. The highest BCUT2D eigenvalue weighted by molar-refractivity contribution is 9.10. The lowest BCUT2D eigenvalue weighted by molar-refractivity contribution is 1.32. The molecule has 1 heterocycles. The molecule has 0 bridgehead atoms. The van der Waals surface area contributed by atoms with Gasteiger partial charge in [-0.1, -0.05) is 15.9 Å². The van der Waals surface area contributed by atoms with Gasteiger partial charge in [0.1, 0.15) is 5.82 Å². The molecule has 4 heteroatoms. The normalized spacial score (nSPS) is 10.1. The van der Waals surface area contributed by atoms with Crippen molar-refractivity contribution in [3.8, 4) is 0 Å². The molecule has 3 nitrogen and oxygen atoms in total. The van der Waals surface area contributed by atoms with Crippen LogP contribution >= 0.6 is 15.9 Å². The summed E-state index contributed by atoms with van der Waals surface area (Å²) >= 11 is 3.47. The van der Waals surface area contributed by atoms with E-state index < -0.39 is 0 Å². The number of hydrogen-bond acceptors (Lipinski definition) is 3. The van der Waals surface area contributed by atoms with E-state index in [1.165, 1.54) is 5.56 Å². The Bertz CT molecular complexity index is 494. The summed E-state index contributed by atoms with van der Waals surface area (Å²) in [6, 6.07) is 9.77. The molecule has 3 N–H and O–H groups in total. The second-order valence-corrected chi connectivity index (χ2v) is 4.42. The minimum Gasteiger partial charge on any atom is -0.384 e. The number of anilines is 3. The summed E-state index contributed by atoms with van der Waals surface area (Å²) in [5.41, 5.74) is 8.67. The van der Waals surface area contributed by atoms with Gasteiger partial charge in [-0.25, -0.2) is 4.98 Å². The summed E-state index contributed by atoms with van der Waals surface area (Å²) < 4.78 is 1.11. The fourth-order valence-corrected chi connectivity index (χ4v) is 1.61. The van der Waals surface area contributed by atoms with Crippen LogP contribution in [0.1, 0.15) is 5.56 Å². The number of nitrogens with zero attached hydrogens (tertiary/aromatic N) is 1. The Hall–Kier alpha value is -1.55. The summed E-state index contributed by atoms with van der Waals surface area (Å²) in [6.07, 6.45) is 1.71. The van der Waals surface area contributed by atoms with Gasteiger partial charge in [0, 0.05) is 10.2 Å². The van der Waals surface area contributed by atoms with Crippen LogP contribution in [0.15, 0.2) is 41.0 Å². The Morgan fingerprint density at radius 3 is 2.56 bits per heavy atom. The van der Waals surface area contributed by atoms with Gasteiger partial charge in [-0.05, 0) is 42.8 Å². The van der Waals surface area contributed by atoms with Crippen LogP contribution in [0.25, 0.3) is 0 Å². The maximum atomic E-state index is 5.52. The topological polar surface area (TPSA) is 50.9 Å². The van der Waals surface area contributed by atoms with Gasteiger partial charge in [-0.2, -0.15) is 0 Å². The molecule has 0 saturated heterocycles. The van der Waals surface area contributed by atoms with E-state index in [0.29, 0.717) is 5.82 Å². The third kappa shape index (κ3) is 2.52. The van der Waals surface area contributed by atoms with Gasteiger partial charge in [0.15, 0.2) is 0 Å². The third-order valence-corrected chi connectivity index (χ3v) is 3.12. The van der Waals surface area contributed by atoms with E-state index in [-0.39, 0.29) is 0 Å². The molecule has 1 aromatic heterocycles. The first-order valence-corrected chi connectivity index (χ1v) is 5.69. The molecule has 82 valence electrons. The predicted octanol–water partition coefficient (Wildman–Crippen LogP) is 3.48. The molecule has 2 aromatic rings. The monoisotopic (exact) mass is 277 g/mol. The number of benzene rings is 1. The molecule has 0 aliphatic rings. The van der Waals surface area contributed by atoms with Crippen molar-refractivity contribution in [3.63, 3.8) is 0 Å². The van der Waals surface area contributed by atoms with Gasteiger partial charge in [0.05, 0.1) is 11.9 Å². The molecule has 2 rings (SSSR count). The summed E-state index contributed by atoms with van der Waals surface area (Å²) in [4.78, 5) is 4.02. The summed E-state index contributed by atoms with van der Waals surface area (Å²) in [7, 11) is 0. The van der Waals surface area contributed by atoms with Crippen LogP contribution in [0.3, 0.4) is 0 Å². The first-order valence-electron chi connectivity index (χ1n) is 4.90. The summed E-state index contributed by atoms with van der Waals surface area (Å²) in [5, 5.41) is 3.26. The largest absolute Gasteiger partial charge is 0.384 e. The molecular formula is C12H12BrN3. The van der Waals surface area contributed by atoms with E-state index >= 15 is 0 Å². The first kappa shape index (κ1) is 11.0. The Morgan fingerprint density at radius 1 is 1.19 bits per heavy atom. The summed E-state index contributed by atoms with van der Waals surface area (Å²) in [6.45, 7) is 2.05. The fraction of sp³-hybridized carbons (Fsp3) is 0.0833. The van der Waals surface area contributed by atoms with Crippen molar-refractivity contribution in [3.05, 3.63) is 46.6 Å². The van der Waals surface area contributed by atoms with Crippen molar-refractivity contribution in [2.24, 2.45) is 0 Å². The smallest absolute Gasteiger partial charge is 0.123 e. The van der Waals surface area contributed by atoms with Gasteiger partial charge in [0.2, 0.25) is 0 Å². The van der Waals surface area contributed by atoms with Crippen molar-refractivity contribution >= 4 is 33.1 Å². The lowest BCUT2D eigenvalue weighted by atomic mass is 10.2. The van der Waals surface area contributed by atoms with Crippen molar-refractivity contribution in [1.82, 2.24) is 4.98 Å². The van der Waals surface area contributed by atoms with Crippen LogP contribution < -0.4 is 11.1 Å². The van der Waals surface area contributed by atoms with Crippen LogP contribution in [0.2, 0.25) is 0 Å². The van der Waals surface area contributed by atoms with Crippen LogP contribution in [-0.2, 0) is 0 Å². The standard InChI is InChI=1S/C12H12BrN3/c1-8-6-9(2-4-11(8)13)16-10-3-5-12(14)15-7-10/h2-7,16H,1H3,(H2,14,15). The highest BCUT2D eigenvalue weighted by Gasteiger charge is 1.98. The second kappa shape index (κ2) is 4.53. The molecule has 0 aliphatic heterocycles. The maximum absolute atomic E-state index is 5.52. The van der Waals surface area contributed by atoms with E-state index in [1.807, 2.05) is 18.2 Å². The number of nitrogens with two attached hydrogens (primary N) is 1. The second-order valence-electron chi connectivity index (χ2n) is 3.56. The molecule has 0 spiro atoms. The zero-order chi connectivity index (χ0) is 11.5. The molecule has 0 saturated carbocycles. The van der Waals surface area contributed by atoms with Crippen molar-refractivity contribution in [2.45, 2.75) is 6.92 Å². The fourth-order valence-electron chi connectivity index (χ4n) is 1.37. The van der Waals surface area contributed by atoms with Crippen LogP contribution in [0.4, 0.5) is 17.2 Å². The van der Waals surface area contributed by atoms with Gasteiger partial charge in [-0.15, -0.1) is 0 Å². The highest BCUT2D eigenvalue weighted by Crippen LogP contribution is 2.22. The summed E-state index contributed by atoms with van der Waals surface area (Å²) in [5.74, 6) is 0.525. The quantitative estimate of drug-likeness (QED) is 0.884. The number of hydrogen-bond donors (Lipinski definition) is 2. The average molecular weight is 278 g/mol. The Labute approximate surface area is 103 Å². The van der Waals surface area contributed by atoms with Gasteiger partial charge < -0.3 is 11.1 Å². The number of aryl methyl sites for hydroxylation is 1. The lowest BCUT2D eigenvalue weighted by Crippen LogP contribution is -1.94. The lowest BCUT2D eigenvalue weighted by Gasteiger charge is -2.07. The number of nitrogens with one attached hydrogen (secondary N) is 1. The molecule has 0 fully saturated rings. The zero-order valence-corrected chi connectivity index (χ0v) is 10.5. The Morgan fingerprint density at radius 2 is 1.94 bits per heavy atom. The van der Waals surface area contributed by atoms with Gasteiger partial charge >= 0.3 is 0 Å². The van der Waals surface area contributed by atoms with Gasteiger partial charge in [-0.3, -0.25) is 0 Å². The number of rotatable bonds is 2. The Balaban J connectivity index is 2.20. The van der Waals surface area contributed by atoms with E-state index in [1.54, 1.807) is 12.3 Å². The average Bonchev–Trinajstić information content (AvgIpc) is 2.27. The third-order valence-electron chi connectivity index (χ3n) is 2.23. The highest BCUT2D eigenvalue weighted by atomic mass is 79.9. The molecular weight excluding hydrogens is 266 g/mol. The number of halogens is 1. The SMILES string of the molecule is Cc1cc(Nc2ccc(N)nc2)ccc1Br. The molecule has 1 aromatic carbocycles. The van der Waals surface area contributed by atoms with Crippen LogP contribution in [-0.4, -0.2) is 4.98 Å². The molecule has 0 amide bonds. The van der Waals surface area contributed by atoms with E-state index in [9.17, 15) is 0 Å². The number of pyridine rings is 1. The van der Waals surface area contributed by atoms with E-state index in [0.717, 1.165) is 15.8 Å². The van der Waals surface area contributed by atoms with Crippen molar-refractivity contribution < 1.29 is 0 Å². The van der Waals surface area contributed by atoms with Crippen molar-refractivity contribution in [1.29, 1.82) is 0 Å². The van der Waals surface area contributed by atoms with E-state index in [4.69, 9.17) is 5.73 Å². The number of aromatic nitrogens is 1. The minimum atomic E-state index is 0.525. The molecule has 16 heavy (non-hydrogen) atoms. The molecule has 0 unspecified atom stereocenters. The zero-order valence-electron chi connectivity index (χ0n) is 8.87. The first-order chi connectivity index (χ1) is 7.65. The molecule has 0 radical (unpaired) electrons. The molecule has 0 aliphatic carbocycles.